The van der Waals surface area contributed by atoms with Crippen LogP contribution in [0, 0.1) is 0 Å². The summed E-state index contributed by atoms with van der Waals surface area (Å²) in [6.07, 6.45) is 4.16. The van der Waals surface area contributed by atoms with Gasteiger partial charge < -0.3 is 14.8 Å². The second-order valence-corrected chi connectivity index (χ2v) is 5.57. The Morgan fingerprint density at radius 3 is 2.26 bits per heavy atom. The van der Waals surface area contributed by atoms with Gasteiger partial charge in [0.2, 0.25) is 0 Å². The maximum Gasteiger partial charge on any atom is 0.408 e. The molecule has 0 aliphatic carbocycles. The maximum absolute atomic E-state index is 11.6. The van der Waals surface area contributed by atoms with Crippen LogP contribution in [0.1, 0.15) is 59.8 Å². The second-order valence-electron chi connectivity index (χ2n) is 5.57. The molecule has 0 fully saturated rings. The summed E-state index contributed by atoms with van der Waals surface area (Å²) in [5, 5.41) is 2.57. The average molecular weight is 273 g/mol. The second kappa shape index (κ2) is 8.77. The van der Waals surface area contributed by atoms with Crippen molar-refractivity contribution in [2.24, 2.45) is 0 Å². The van der Waals surface area contributed by atoms with Crippen molar-refractivity contribution >= 4 is 12.1 Å². The van der Waals surface area contributed by atoms with Gasteiger partial charge in [0.1, 0.15) is 11.6 Å². The summed E-state index contributed by atoms with van der Waals surface area (Å²) in [6, 6.07) is -0.628. The molecule has 0 saturated carbocycles. The van der Waals surface area contributed by atoms with E-state index in [0.717, 1.165) is 25.7 Å². The van der Waals surface area contributed by atoms with Crippen molar-refractivity contribution in [1.82, 2.24) is 5.32 Å². The fourth-order valence-electron chi connectivity index (χ4n) is 1.62. The van der Waals surface area contributed by atoms with E-state index in [0.29, 0.717) is 6.42 Å². The lowest BCUT2D eigenvalue weighted by molar-refractivity contribution is -0.143. The quantitative estimate of drug-likeness (QED) is 0.572. The van der Waals surface area contributed by atoms with E-state index in [9.17, 15) is 9.59 Å². The molecule has 0 radical (unpaired) electrons. The highest BCUT2D eigenvalue weighted by molar-refractivity contribution is 5.81. The largest absolute Gasteiger partial charge is 0.467 e. The van der Waals surface area contributed by atoms with Crippen LogP contribution in [-0.2, 0) is 14.3 Å². The number of esters is 1. The summed E-state index contributed by atoms with van der Waals surface area (Å²) in [5.41, 5.74) is -0.576. The van der Waals surface area contributed by atoms with Crippen LogP contribution in [0.5, 0.6) is 0 Å². The first kappa shape index (κ1) is 17.7. The summed E-state index contributed by atoms with van der Waals surface area (Å²) in [6.45, 7) is 7.46. The van der Waals surface area contributed by atoms with Crippen molar-refractivity contribution in [1.29, 1.82) is 0 Å². The minimum absolute atomic E-state index is 0.428. The van der Waals surface area contributed by atoms with E-state index in [1.807, 2.05) is 0 Å². The molecule has 0 aliphatic rings. The van der Waals surface area contributed by atoms with E-state index in [1.54, 1.807) is 20.8 Å². The molecule has 1 N–H and O–H groups in total. The smallest absolute Gasteiger partial charge is 0.408 e. The number of hydrogen-bond donors (Lipinski definition) is 1. The number of ether oxygens (including phenoxy) is 2. The van der Waals surface area contributed by atoms with Crippen LogP contribution in [0.15, 0.2) is 0 Å². The zero-order valence-corrected chi connectivity index (χ0v) is 12.7. The number of unbranched alkanes of at least 4 members (excludes halogenated alkanes) is 3. The number of nitrogens with one attached hydrogen (secondary N) is 1. The molecule has 0 saturated heterocycles. The van der Waals surface area contributed by atoms with E-state index in [-0.39, 0.29) is 0 Å². The van der Waals surface area contributed by atoms with Crippen molar-refractivity contribution < 1.29 is 19.1 Å². The molecule has 5 heteroatoms. The Morgan fingerprint density at radius 1 is 1.16 bits per heavy atom. The topological polar surface area (TPSA) is 64.6 Å². The van der Waals surface area contributed by atoms with Crippen molar-refractivity contribution in [2.75, 3.05) is 7.11 Å². The highest BCUT2D eigenvalue weighted by Crippen LogP contribution is 2.10. The van der Waals surface area contributed by atoms with Crippen molar-refractivity contribution in [2.45, 2.75) is 71.4 Å². The number of amides is 1. The molecule has 0 spiro atoms. The molecule has 0 rings (SSSR count). The molecule has 19 heavy (non-hydrogen) atoms. The lowest BCUT2D eigenvalue weighted by Gasteiger charge is -2.22. The SMILES string of the molecule is CCCCCCC(NC(=O)OC(C)(C)C)C(=O)OC. The molecule has 1 amide bonds. The molecule has 0 aliphatic heterocycles. The first-order chi connectivity index (χ1) is 8.80. The normalized spacial score (nSPS) is 12.7. The van der Waals surface area contributed by atoms with Crippen molar-refractivity contribution in [3.05, 3.63) is 0 Å². The van der Waals surface area contributed by atoms with Crippen LogP contribution in [0.4, 0.5) is 4.79 Å². The average Bonchev–Trinajstić information content (AvgIpc) is 2.29. The van der Waals surface area contributed by atoms with Gasteiger partial charge in [0.05, 0.1) is 7.11 Å². The minimum atomic E-state index is -0.628. The van der Waals surface area contributed by atoms with Gasteiger partial charge >= 0.3 is 12.1 Å². The van der Waals surface area contributed by atoms with Gasteiger partial charge in [-0.25, -0.2) is 9.59 Å². The fourth-order valence-corrected chi connectivity index (χ4v) is 1.62. The van der Waals surface area contributed by atoms with Crippen LogP contribution >= 0.6 is 0 Å². The predicted octanol–water partition coefficient (Wildman–Crippen LogP) is 3.02. The van der Waals surface area contributed by atoms with Crippen LogP contribution < -0.4 is 5.32 Å². The number of hydrogen-bond acceptors (Lipinski definition) is 4. The Kier molecular flexibility index (Phi) is 8.19. The van der Waals surface area contributed by atoms with E-state index in [1.165, 1.54) is 7.11 Å². The van der Waals surface area contributed by atoms with Gasteiger partial charge in [-0.3, -0.25) is 0 Å². The Hall–Kier alpha value is -1.26. The maximum atomic E-state index is 11.6. The number of alkyl carbamates (subject to hydrolysis) is 1. The van der Waals surface area contributed by atoms with Crippen LogP contribution in [0.3, 0.4) is 0 Å². The Labute approximate surface area is 116 Å². The number of carbonyl (C=O) groups is 2. The summed E-state index contributed by atoms with van der Waals surface area (Å²) in [5.74, 6) is -0.428. The molecule has 0 aromatic carbocycles. The molecule has 0 aromatic rings. The molecule has 5 nitrogen and oxygen atoms in total. The van der Waals surface area contributed by atoms with Gasteiger partial charge in [0.25, 0.3) is 0 Å². The van der Waals surface area contributed by atoms with Crippen LogP contribution in [0.2, 0.25) is 0 Å². The molecule has 1 unspecified atom stereocenters. The summed E-state index contributed by atoms with van der Waals surface area (Å²) >= 11 is 0. The highest BCUT2D eigenvalue weighted by atomic mass is 16.6. The summed E-state index contributed by atoms with van der Waals surface area (Å²) in [7, 11) is 1.32. The zero-order valence-electron chi connectivity index (χ0n) is 12.7. The summed E-state index contributed by atoms with van der Waals surface area (Å²) < 4.78 is 9.82. The molecule has 0 bridgehead atoms. The third-order valence-corrected chi connectivity index (χ3v) is 2.52. The van der Waals surface area contributed by atoms with E-state index in [4.69, 9.17) is 9.47 Å². The highest BCUT2D eigenvalue weighted by Gasteiger charge is 2.24. The van der Waals surface area contributed by atoms with Gasteiger partial charge in [0, 0.05) is 0 Å². The lowest BCUT2D eigenvalue weighted by atomic mass is 10.1. The fraction of sp³-hybridized carbons (Fsp3) is 0.857. The van der Waals surface area contributed by atoms with E-state index in [2.05, 4.69) is 12.2 Å². The van der Waals surface area contributed by atoms with Crippen LogP contribution in [0.25, 0.3) is 0 Å². The Morgan fingerprint density at radius 2 is 1.79 bits per heavy atom. The first-order valence-electron chi connectivity index (χ1n) is 6.87. The van der Waals surface area contributed by atoms with Crippen molar-refractivity contribution in [3.63, 3.8) is 0 Å². The lowest BCUT2D eigenvalue weighted by Crippen LogP contribution is -2.44. The molecular weight excluding hydrogens is 246 g/mol. The Balaban J connectivity index is 4.27. The standard InChI is InChI=1S/C14H27NO4/c1-6-7-8-9-10-11(12(16)18-5)15-13(17)19-14(2,3)4/h11H,6-10H2,1-5H3,(H,15,17). The van der Waals surface area contributed by atoms with E-state index < -0.39 is 23.7 Å². The molecule has 1 atom stereocenters. The molecule has 0 aromatic heterocycles. The molecule has 0 heterocycles. The van der Waals surface area contributed by atoms with Gasteiger partial charge in [-0.05, 0) is 27.2 Å². The first-order valence-corrected chi connectivity index (χ1v) is 6.87. The monoisotopic (exact) mass is 273 g/mol. The van der Waals surface area contributed by atoms with E-state index >= 15 is 0 Å². The van der Waals surface area contributed by atoms with Gasteiger partial charge in [0.15, 0.2) is 0 Å². The number of rotatable bonds is 7. The molecule has 112 valence electrons. The molecular formula is C14H27NO4. The van der Waals surface area contributed by atoms with Crippen molar-refractivity contribution in [3.8, 4) is 0 Å². The third-order valence-electron chi connectivity index (χ3n) is 2.52. The van der Waals surface area contributed by atoms with Gasteiger partial charge in [-0.2, -0.15) is 0 Å². The van der Waals surface area contributed by atoms with Gasteiger partial charge in [-0.15, -0.1) is 0 Å². The number of carbonyl (C=O) groups excluding carboxylic acids is 2. The van der Waals surface area contributed by atoms with Gasteiger partial charge in [-0.1, -0.05) is 32.6 Å². The third kappa shape index (κ3) is 9.33. The van der Waals surface area contributed by atoms with Crippen LogP contribution in [-0.4, -0.2) is 30.8 Å². The predicted molar refractivity (Wildman–Crippen MR) is 73.9 cm³/mol. The Bertz CT molecular complexity index is 284. The minimum Gasteiger partial charge on any atom is -0.467 e. The summed E-state index contributed by atoms with van der Waals surface area (Å²) in [4.78, 5) is 23.2. The zero-order chi connectivity index (χ0) is 14.9. The number of methoxy groups -OCH3 is 1.